The number of rotatable bonds is 7. The molecule has 0 radical (unpaired) electrons. The molecule has 0 bridgehead atoms. The van der Waals surface area contributed by atoms with Crippen LogP contribution in [0.2, 0.25) is 0 Å². The highest BCUT2D eigenvalue weighted by atomic mass is 16.1. The van der Waals surface area contributed by atoms with Gasteiger partial charge in [0.1, 0.15) is 0 Å². The van der Waals surface area contributed by atoms with Crippen LogP contribution in [0.15, 0.2) is 0 Å². The van der Waals surface area contributed by atoms with E-state index in [2.05, 4.69) is 0 Å². The zero-order valence-electron chi connectivity index (χ0n) is 9.01. The first-order chi connectivity index (χ1) is 6.33. The highest BCUT2D eigenvalue weighted by Crippen LogP contribution is 2.27. The molecule has 82 valence electrons. The molecule has 0 aromatic heterocycles. The van der Waals surface area contributed by atoms with Gasteiger partial charge in [-0.15, -0.1) is 0 Å². The highest BCUT2D eigenvalue weighted by Gasteiger charge is 2.19. The van der Waals surface area contributed by atoms with Crippen LogP contribution in [0.5, 0.6) is 0 Å². The van der Waals surface area contributed by atoms with Gasteiger partial charge >= 0.3 is 0 Å². The van der Waals surface area contributed by atoms with Crippen LogP contribution in [0.1, 0.15) is 46.0 Å². The number of primary amides is 2. The Labute approximate surface area is 85.0 Å². The second kappa shape index (κ2) is 5.62. The van der Waals surface area contributed by atoms with Crippen LogP contribution in [0.25, 0.3) is 0 Å². The quantitative estimate of drug-likeness (QED) is 0.599. The van der Waals surface area contributed by atoms with Crippen molar-refractivity contribution in [2.45, 2.75) is 46.0 Å². The fourth-order valence-electron chi connectivity index (χ4n) is 1.46. The molecular weight excluding hydrogens is 180 g/mol. The molecule has 4 nitrogen and oxygen atoms in total. The minimum Gasteiger partial charge on any atom is -0.370 e. The zero-order chi connectivity index (χ0) is 11.2. The Morgan fingerprint density at radius 1 is 1.07 bits per heavy atom. The van der Waals surface area contributed by atoms with Gasteiger partial charge in [0, 0.05) is 12.8 Å². The first-order valence-corrected chi connectivity index (χ1v) is 4.90. The first-order valence-electron chi connectivity index (χ1n) is 4.90. The maximum Gasteiger partial charge on any atom is 0.217 e. The lowest BCUT2D eigenvalue weighted by atomic mass is 9.83. The number of amides is 2. The maximum absolute atomic E-state index is 10.7. The molecule has 0 aliphatic rings. The van der Waals surface area contributed by atoms with Gasteiger partial charge in [-0.3, -0.25) is 9.59 Å². The van der Waals surface area contributed by atoms with E-state index in [-0.39, 0.29) is 17.2 Å². The van der Waals surface area contributed by atoms with E-state index in [1.54, 1.807) is 0 Å². The minimum absolute atomic E-state index is 0.0660. The summed E-state index contributed by atoms with van der Waals surface area (Å²) in [5, 5.41) is 0. The molecule has 14 heavy (non-hydrogen) atoms. The molecule has 0 aliphatic carbocycles. The van der Waals surface area contributed by atoms with Gasteiger partial charge in [0.2, 0.25) is 11.8 Å². The summed E-state index contributed by atoms with van der Waals surface area (Å²) in [5.41, 5.74) is 10.1. The summed E-state index contributed by atoms with van der Waals surface area (Å²) in [6, 6.07) is 0. The Kier molecular flexibility index (Phi) is 5.20. The van der Waals surface area contributed by atoms with Crippen molar-refractivity contribution >= 4 is 11.8 Å². The van der Waals surface area contributed by atoms with Crippen LogP contribution in [-0.2, 0) is 9.59 Å². The van der Waals surface area contributed by atoms with E-state index in [1.165, 1.54) is 0 Å². The molecule has 0 aromatic carbocycles. The molecule has 0 aliphatic heterocycles. The number of nitrogens with two attached hydrogens (primary N) is 2. The average Bonchev–Trinajstić information content (AvgIpc) is 1.95. The molecule has 2 amide bonds. The third-order valence-electron chi connectivity index (χ3n) is 2.18. The minimum atomic E-state index is -0.273. The molecular formula is C10H20N2O2. The monoisotopic (exact) mass is 200 g/mol. The largest absolute Gasteiger partial charge is 0.370 e. The van der Waals surface area contributed by atoms with Crippen LogP contribution >= 0.6 is 0 Å². The number of hydrogen-bond donors (Lipinski definition) is 2. The fourth-order valence-corrected chi connectivity index (χ4v) is 1.46. The van der Waals surface area contributed by atoms with Crippen molar-refractivity contribution in [2.24, 2.45) is 16.9 Å². The van der Waals surface area contributed by atoms with Gasteiger partial charge in [0.05, 0.1) is 0 Å². The van der Waals surface area contributed by atoms with Crippen molar-refractivity contribution in [3.63, 3.8) is 0 Å². The van der Waals surface area contributed by atoms with Gasteiger partial charge in [0.25, 0.3) is 0 Å². The lowest BCUT2D eigenvalue weighted by Crippen LogP contribution is -2.22. The van der Waals surface area contributed by atoms with Crippen molar-refractivity contribution in [1.82, 2.24) is 0 Å². The summed E-state index contributed by atoms with van der Waals surface area (Å²) in [6.07, 6.45) is 3.40. The summed E-state index contributed by atoms with van der Waals surface area (Å²) in [6.45, 7) is 4.00. The normalized spacial score (nSPS) is 11.3. The van der Waals surface area contributed by atoms with Crippen LogP contribution < -0.4 is 11.5 Å². The van der Waals surface area contributed by atoms with E-state index >= 15 is 0 Å². The van der Waals surface area contributed by atoms with Crippen LogP contribution in [0.4, 0.5) is 0 Å². The maximum atomic E-state index is 10.7. The number of carbonyl (C=O) groups excluding carboxylic acids is 2. The first kappa shape index (κ1) is 12.9. The van der Waals surface area contributed by atoms with Gasteiger partial charge in [0.15, 0.2) is 0 Å². The van der Waals surface area contributed by atoms with Gasteiger partial charge in [-0.05, 0) is 18.3 Å². The Balaban J connectivity index is 3.65. The van der Waals surface area contributed by atoms with Crippen molar-refractivity contribution in [3.8, 4) is 0 Å². The third-order valence-corrected chi connectivity index (χ3v) is 2.18. The summed E-state index contributed by atoms with van der Waals surface area (Å²) in [4.78, 5) is 21.2. The molecule has 4 heteroatoms. The van der Waals surface area contributed by atoms with Crippen LogP contribution in [0, 0.1) is 5.41 Å². The van der Waals surface area contributed by atoms with Crippen molar-refractivity contribution in [1.29, 1.82) is 0 Å². The smallest absolute Gasteiger partial charge is 0.217 e. The molecule has 0 rings (SSSR count). The second-order valence-electron chi connectivity index (χ2n) is 4.48. The summed E-state index contributed by atoms with van der Waals surface area (Å²) < 4.78 is 0. The van der Waals surface area contributed by atoms with E-state index in [9.17, 15) is 9.59 Å². The third kappa shape index (κ3) is 7.58. The molecule has 0 aromatic rings. The van der Waals surface area contributed by atoms with E-state index in [1.807, 2.05) is 13.8 Å². The molecule has 0 fully saturated rings. The van der Waals surface area contributed by atoms with E-state index in [4.69, 9.17) is 11.5 Å². The predicted molar refractivity (Wildman–Crippen MR) is 55.3 cm³/mol. The molecule has 0 saturated carbocycles. The topological polar surface area (TPSA) is 86.2 Å². The Bertz CT molecular complexity index is 212. The summed E-state index contributed by atoms with van der Waals surface area (Å²) >= 11 is 0. The highest BCUT2D eigenvalue weighted by molar-refractivity contribution is 5.74. The van der Waals surface area contributed by atoms with Gasteiger partial charge in [-0.25, -0.2) is 0 Å². The Hall–Kier alpha value is -1.06. The number of unbranched alkanes of at least 4 members (excludes halogenated alkanes) is 1. The van der Waals surface area contributed by atoms with Gasteiger partial charge < -0.3 is 11.5 Å². The Morgan fingerprint density at radius 2 is 1.64 bits per heavy atom. The molecule has 0 atom stereocenters. The fraction of sp³-hybridized carbons (Fsp3) is 0.800. The molecule has 4 N–H and O–H groups in total. The summed E-state index contributed by atoms with van der Waals surface area (Å²) in [7, 11) is 0. The lowest BCUT2D eigenvalue weighted by Gasteiger charge is -2.22. The molecule has 0 saturated heterocycles. The van der Waals surface area contributed by atoms with E-state index in [0.717, 1.165) is 19.3 Å². The Morgan fingerprint density at radius 3 is 2.07 bits per heavy atom. The van der Waals surface area contributed by atoms with Crippen LogP contribution in [-0.4, -0.2) is 11.8 Å². The molecule has 0 spiro atoms. The number of hydrogen-bond acceptors (Lipinski definition) is 2. The standard InChI is InChI=1S/C10H20N2O2/c1-10(2,7-9(12)14)6-4-3-5-8(11)13/h3-7H2,1-2H3,(H2,11,13)(H2,12,14). The van der Waals surface area contributed by atoms with E-state index in [0.29, 0.717) is 12.8 Å². The lowest BCUT2D eigenvalue weighted by molar-refractivity contribution is -0.120. The zero-order valence-corrected chi connectivity index (χ0v) is 9.01. The van der Waals surface area contributed by atoms with Crippen LogP contribution in [0.3, 0.4) is 0 Å². The molecule has 0 unspecified atom stereocenters. The molecule has 0 heterocycles. The second-order valence-corrected chi connectivity index (χ2v) is 4.48. The predicted octanol–water partition coefficient (Wildman–Crippen LogP) is 0.934. The average molecular weight is 200 g/mol. The van der Waals surface area contributed by atoms with Gasteiger partial charge in [-0.1, -0.05) is 20.3 Å². The number of carbonyl (C=O) groups is 2. The SMILES string of the molecule is CC(C)(CCCCC(N)=O)CC(N)=O. The summed E-state index contributed by atoms with van der Waals surface area (Å²) in [5.74, 6) is -0.539. The van der Waals surface area contributed by atoms with Gasteiger partial charge in [-0.2, -0.15) is 0 Å². The van der Waals surface area contributed by atoms with E-state index < -0.39 is 0 Å². The van der Waals surface area contributed by atoms with Crippen molar-refractivity contribution in [2.75, 3.05) is 0 Å². The van der Waals surface area contributed by atoms with Crippen molar-refractivity contribution < 1.29 is 9.59 Å². The van der Waals surface area contributed by atoms with Crippen molar-refractivity contribution in [3.05, 3.63) is 0 Å².